The second kappa shape index (κ2) is 9.30. The molecule has 1 aliphatic rings. The van der Waals surface area contributed by atoms with Crippen LogP contribution in [0.25, 0.3) is 0 Å². The number of ether oxygens (including phenoxy) is 1. The first-order chi connectivity index (χ1) is 15.0. The second-order valence-electron chi connectivity index (χ2n) is 8.27. The number of carbonyl (C=O) groups excluding carboxylic acids is 2. The van der Waals surface area contributed by atoms with Gasteiger partial charge in [0.1, 0.15) is 11.8 Å². The quantitative estimate of drug-likeness (QED) is 0.662. The Morgan fingerprint density at radius 3 is 2.47 bits per heavy atom. The fourth-order valence-corrected chi connectivity index (χ4v) is 5.33. The molecule has 8 nitrogen and oxygen atoms in total. The van der Waals surface area contributed by atoms with Gasteiger partial charge in [0.15, 0.2) is 0 Å². The molecule has 2 N–H and O–H groups in total. The maximum atomic E-state index is 13.1. The van der Waals surface area contributed by atoms with Gasteiger partial charge in [-0.3, -0.25) is 9.59 Å². The van der Waals surface area contributed by atoms with Crippen LogP contribution in [0.3, 0.4) is 0 Å². The fourth-order valence-electron chi connectivity index (χ4n) is 3.94. The SMILES string of the molecule is COc1ccccc1NC(=O)[C@H](NS(=O)(=O)c1ccc2c(c1)C[C@H](C)N2C(C)=O)C(C)C. The molecule has 2 atom stereocenters. The van der Waals surface area contributed by atoms with E-state index in [4.69, 9.17) is 4.74 Å². The minimum absolute atomic E-state index is 0.0385. The molecule has 9 heteroatoms. The first-order valence-electron chi connectivity index (χ1n) is 10.4. The predicted octanol–water partition coefficient (Wildman–Crippen LogP) is 2.93. The van der Waals surface area contributed by atoms with E-state index in [-0.39, 0.29) is 22.8 Å². The van der Waals surface area contributed by atoms with E-state index in [1.165, 1.54) is 20.1 Å². The van der Waals surface area contributed by atoms with Gasteiger partial charge < -0.3 is 15.0 Å². The van der Waals surface area contributed by atoms with Crippen LogP contribution >= 0.6 is 0 Å². The highest BCUT2D eigenvalue weighted by Gasteiger charge is 2.32. The van der Waals surface area contributed by atoms with Gasteiger partial charge in [0.25, 0.3) is 0 Å². The van der Waals surface area contributed by atoms with Crippen molar-refractivity contribution in [2.75, 3.05) is 17.3 Å². The number of fused-ring (bicyclic) bond motifs is 1. The van der Waals surface area contributed by atoms with Crippen LogP contribution in [-0.4, -0.2) is 39.4 Å². The zero-order valence-corrected chi connectivity index (χ0v) is 19.7. The third-order valence-corrected chi connectivity index (χ3v) is 6.95. The molecule has 0 unspecified atom stereocenters. The van der Waals surface area contributed by atoms with Crippen LogP contribution < -0.4 is 19.7 Å². The number of methoxy groups -OCH3 is 1. The molecular weight excluding hydrogens is 430 g/mol. The zero-order valence-electron chi connectivity index (χ0n) is 18.9. The Morgan fingerprint density at radius 1 is 1.16 bits per heavy atom. The van der Waals surface area contributed by atoms with E-state index >= 15 is 0 Å². The van der Waals surface area contributed by atoms with Crippen molar-refractivity contribution in [2.24, 2.45) is 5.92 Å². The Morgan fingerprint density at radius 2 is 1.84 bits per heavy atom. The summed E-state index contributed by atoms with van der Waals surface area (Å²) in [5, 5.41) is 2.75. The number of benzene rings is 2. The molecule has 0 aromatic heterocycles. The Labute approximate surface area is 189 Å². The molecule has 0 saturated heterocycles. The molecule has 32 heavy (non-hydrogen) atoms. The number of hydrogen-bond donors (Lipinski definition) is 2. The Kier molecular flexibility index (Phi) is 6.90. The second-order valence-corrected chi connectivity index (χ2v) is 9.98. The van der Waals surface area contributed by atoms with Crippen molar-refractivity contribution in [1.82, 2.24) is 4.72 Å². The Hall–Kier alpha value is -2.91. The van der Waals surface area contributed by atoms with Crippen molar-refractivity contribution in [1.29, 1.82) is 0 Å². The highest BCUT2D eigenvalue weighted by molar-refractivity contribution is 7.89. The van der Waals surface area contributed by atoms with Crippen LogP contribution in [0.5, 0.6) is 5.75 Å². The van der Waals surface area contributed by atoms with Gasteiger partial charge >= 0.3 is 0 Å². The third kappa shape index (κ3) is 4.78. The monoisotopic (exact) mass is 459 g/mol. The average molecular weight is 460 g/mol. The molecule has 3 rings (SSSR count). The largest absolute Gasteiger partial charge is 0.495 e. The molecule has 1 heterocycles. The van der Waals surface area contributed by atoms with Crippen molar-refractivity contribution in [3.63, 3.8) is 0 Å². The lowest BCUT2D eigenvalue weighted by molar-refractivity contribution is -0.118. The van der Waals surface area contributed by atoms with Crippen LogP contribution in [0.15, 0.2) is 47.4 Å². The predicted molar refractivity (Wildman–Crippen MR) is 123 cm³/mol. The molecule has 0 fully saturated rings. The summed E-state index contributed by atoms with van der Waals surface area (Å²) in [4.78, 5) is 26.6. The number of amides is 2. The summed E-state index contributed by atoms with van der Waals surface area (Å²) >= 11 is 0. The van der Waals surface area contributed by atoms with Gasteiger partial charge in [-0.2, -0.15) is 4.72 Å². The van der Waals surface area contributed by atoms with Crippen LogP contribution in [0.1, 0.15) is 33.3 Å². The van der Waals surface area contributed by atoms with Crippen LogP contribution in [-0.2, 0) is 26.0 Å². The molecule has 0 aliphatic carbocycles. The average Bonchev–Trinajstić information content (AvgIpc) is 3.07. The summed E-state index contributed by atoms with van der Waals surface area (Å²) < 4.78 is 34.0. The van der Waals surface area contributed by atoms with Crippen LogP contribution in [0.4, 0.5) is 11.4 Å². The summed E-state index contributed by atoms with van der Waals surface area (Å²) in [6, 6.07) is 10.6. The lowest BCUT2D eigenvalue weighted by Crippen LogP contribution is -2.47. The van der Waals surface area contributed by atoms with E-state index < -0.39 is 22.0 Å². The van der Waals surface area contributed by atoms with Crippen molar-refractivity contribution in [3.8, 4) is 5.75 Å². The highest BCUT2D eigenvalue weighted by atomic mass is 32.2. The lowest BCUT2D eigenvalue weighted by Gasteiger charge is -2.23. The molecule has 2 amide bonds. The smallest absolute Gasteiger partial charge is 0.242 e. The van der Waals surface area contributed by atoms with Crippen molar-refractivity contribution >= 4 is 33.2 Å². The molecule has 0 saturated carbocycles. The van der Waals surface area contributed by atoms with Gasteiger partial charge in [-0.05, 0) is 55.2 Å². The molecule has 0 spiro atoms. The van der Waals surface area contributed by atoms with Crippen molar-refractivity contribution in [2.45, 2.75) is 51.1 Å². The minimum atomic E-state index is -3.98. The number of anilines is 2. The number of carbonyl (C=O) groups is 2. The number of nitrogens with one attached hydrogen (secondary N) is 2. The first kappa shape index (κ1) is 23.7. The van der Waals surface area contributed by atoms with E-state index in [1.54, 1.807) is 55.1 Å². The molecule has 0 radical (unpaired) electrons. The van der Waals surface area contributed by atoms with E-state index in [2.05, 4.69) is 10.0 Å². The minimum Gasteiger partial charge on any atom is -0.495 e. The van der Waals surface area contributed by atoms with Gasteiger partial charge in [0.2, 0.25) is 21.8 Å². The number of hydrogen-bond acceptors (Lipinski definition) is 5. The molecule has 2 aromatic carbocycles. The normalized spacial score (nSPS) is 16.6. The van der Waals surface area contributed by atoms with Gasteiger partial charge in [-0.15, -0.1) is 0 Å². The number of nitrogens with zero attached hydrogens (tertiary/aromatic N) is 1. The van der Waals surface area contributed by atoms with Gasteiger partial charge in [-0.25, -0.2) is 8.42 Å². The molecule has 172 valence electrons. The fraction of sp³-hybridized carbons (Fsp3) is 0.391. The molecule has 0 bridgehead atoms. The van der Waals surface area contributed by atoms with E-state index in [1.807, 2.05) is 6.92 Å². The summed E-state index contributed by atoms with van der Waals surface area (Å²) in [6.45, 7) is 6.95. The standard InChI is InChI=1S/C23H29N3O5S/c1-14(2)22(23(28)24-19-8-6-7-9-21(19)31-5)25-32(29,30)18-10-11-20-17(13-18)12-15(3)26(20)16(4)27/h6-11,13-15,22,25H,12H2,1-5H3,(H,24,28)/t15-,22+/m0/s1. The van der Waals surface area contributed by atoms with Crippen molar-refractivity contribution < 1.29 is 22.7 Å². The first-order valence-corrected chi connectivity index (χ1v) is 11.9. The molecule has 2 aromatic rings. The zero-order chi connectivity index (χ0) is 23.6. The van der Waals surface area contributed by atoms with Crippen molar-refractivity contribution in [3.05, 3.63) is 48.0 Å². The molecular formula is C23H29N3O5S. The maximum Gasteiger partial charge on any atom is 0.242 e. The van der Waals surface area contributed by atoms with Crippen LogP contribution in [0.2, 0.25) is 0 Å². The molecule has 1 aliphatic heterocycles. The topological polar surface area (TPSA) is 105 Å². The third-order valence-electron chi connectivity index (χ3n) is 5.51. The van der Waals surface area contributed by atoms with E-state index in [9.17, 15) is 18.0 Å². The van der Waals surface area contributed by atoms with Gasteiger partial charge in [0.05, 0.1) is 17.7 Å². The number of sulfonamides is 1. The van der Waals surface area contributed by atoms with E-state index in [0.717, 1.165) is 11.3 Å². The summed E-state index contributed by atoms with van der Waals surface area (Å²) in [5.74, 6) is -0.389. The van der Waals surface area contributed by atoms with Gasteiger partial charge in [0, 0.05) is 18.7 Å². The van der Waals surface area contributed by atoms with Gasteiger partial charge in [-0.1, -0.05) is 26.0 Å². The summed E-state index contributed by atoms with van der Waals surface area (Å²) in [5.41, 5.74) is 1.97. The highest BCUT2D eigenvalue weighted by Crippen LogP contribution is 2.34. The van der Waals surface area contributed by atoms with E-state index in [0.29, 0.717) is 17.9 Å². The number of rotatable bonds is 7. The maximum absolute atomic E-state index is 13.1. The summed E-state index contributed by atoms with van der Waals surface area (Å²) in [6.07, 6.45) is 0.570. The number of para-hydroxylation sites is 2. The summed E-state index contributed by atoms with van der Waals surface area (Å²) in [7, 11) is -2.48. The van der Waals surface area contributed by atoms with Crippen LogP contribution in [0, 0.1) is 5.92 Å². The Balaban J connectivity index is 1.84. The Bertz CT molecular complexity index is 1130. The lowest BCUT2D eigenvalue weighted by atomic mass is 10.0.